The summed E-state index contributed by atoms with van der Waals surface area (Å²) in [5.41, 5.74) is 0.582. The van der Waals surface area contributed by atoms with Gasteiger partial charge in [-0.3, -0.25) is 0 Å². The first-order valence-corrected chi connectivity index (χ1v) is 6.26. The van der Waals surface area contributed by atoms with E-state index in [0.717, 1.165) is 0 Å². The maximum Gasteiger partial charge on any atom is 0.151 e. The van der Waals surface area contributed by atoms with Crippen molar-refractivity contribution < 1.29 is 9.84 Å². The van der Waals surface area contributed by atoms with E-state index in [1.165, 1.54) is 0 Å². The molecule has 18 heavy (non-hydrogen) atoms. The summed E-state index contributed by atoms with van der Waals surface area (Å²) in [6.07, 6.45) is 0. The highest BCUT2D eigenvalue weighted by Gasteiger charge is 2.11. The minimum absolute atomic E-state index is 0.173. The van der Waals surface area contributed by atoms with Crippen molar-refractivity contribution in [3.8, 4) is 11.5 Å². The number of aliphatic hydroxyl groups is 1. The lowest BCUT2D eigenvalue weighted by Gasteiger charge is -2.12. The molecule has 0 aliphatic heterocycles. The molecule has 2 nitrogen and oxygen atoms in total. The third kappa shape index (κ3) is 2.90. The fraction of sp³-hybridized carbons (Fsp3) is 0.0769. The number of rotatable bonds is 3. The van der Waals surface area contributed by atoms with E-state index in [2.05, 4.69) is 0 Å². The molecular weight excluding hydrogens is 294 g/mol. The predicted octanol–water partition coefficient (Wildman–Crippen LogP) is 4.93. The molecule has 2 aromatic rings. The van der Waals surface area contributed by atoms with Crippen molar-refractivity contribution in [2.75, 3.05) is 0 Å². The van der Waals surface area contributed by atoms with Gasteiger partial charge in [0.25, 0.3) is 0 Å². The molecule has 0 bridgehead atoms. The first-order valence-electron chi connectivity index (χ1n) is 5.13. The van der Waals surface area contributed by atoms with Crippen LogP contribution in [-0.4, -0.2) is 5.11 Å². The van der Waals surface area contributed by atoms with Crippen LogP contribution in [0.2, 0.25) is 15.1 Å². The molecule has 0 atom stereocenters. The van der Waals surface area contributed by atoms with Gasteiger partial charge in [-0.1, -0.05) is 46.9 Å². The highest BCUT2D eigenvalue weighted by molar-refractivity contribution is 6.34. The highest BCUT2D eigenvalue weighted by atomic mass is 35.5. The van der Waals surface area contributed by atoms with Crippen LogP contribution in [0.5, 0.6) is 11.5 Å². The predicted molar refractivity (Wildman–Crippen MR) is 73.9 cm³/mol. The van der Waals surface area contributed by atoms with Crippen LogP contribution in [0, 0.1) is 0 Å². The van der Waals surface area contributed by atoms with Gasteiger partial charge in [-0.15, -0.1) is 0 Å². The molecule has 1 N–H and O–H groups in total. The summed E-state index contributed by atoms with van der Waals surface area (Å²) in [7, 11) is 0. The van der Waals surface area contributed by atoms with Crippen LogP contribution in [0.1, 0.15) is 5.56 Å². The number of benzene rings is 2. The van der Waals surface area contributed by atoms with Crippen LogP contribution in [-0.2, 0) is 6.61 Å². The summed E-state index contributed by atoms with van der Waals surface area (Å²) in [6, 6.07) is 10.0. The van der Waals surface area contributed by atoms with E-state index >= 15 is 0 Å². The van der Waals surface area contributed by atoms with Gasteiger partial charge in [-0.25, -0.2) is 0 Å². The standard InChI is InChI=1S/C13H9Cl3O2/c14-9-4-5-10(15)12(6-9)18-13-8(7-17)2-1-3-11(13)16/h1-6,17H,7H2. The van der Waals surface area contributed by atoms with E-state index in [1.807, 2.05) is 0 Å². The summed E-state index contributed by atoms with van der Waals surface area (Å²) in [4.78, 5) is 0. The van der Waals surface area contributed by atoms with E-state index in [4.69, 9.17) is 39.5 Å². The van der Waals surface area contributed by atoms with Crippen LogP contribution >= 0.6 is 34.8 Å². The third-order valence-corrected chi connectivity index (χ3v) is 3.17. The Labute approximate surface area is 120 Å². The molecule has 2 rings (SSSR count). The lowest BCUT2D eigenvalue weighted by molar-refractivity contribution is 0.276. The second kappa shape index (κ2) is 5.81. The first kappa shape index (κ1) is 13.5. The number of hydrogen-bond donors (Lipinski definition) is 1. The molecule has 0 aromatic heterocycles. The van der Waals surface area contributed by atoms with E-state index in [-0.39, 0.29) is 6.61 Å². The Bertz CT molecular complexity index is 570. The molecule has 2 aromatic carbocycles. The molecule has 0 heterocycles. The summed E-state index contributed by atoms with van der Waals surface area (Å²) in [5, 5.41) is 10.6. The van der Waals surface area contributed by atoms with Gasteiger partial charge in [0.1, 0.15) is 5.75 Å². The van der Waals surface area contributed by atoms with E-state index in [9.17, 15) is 5.11 Å². The normalized spacial score (nSPS) is 10.4. The van der Waals surface area contributed by atoms with Gasteiger partial charge in [-0.2, -0.15) is 0 Å². The number of aliphatic hydroxyl groups excluding tert-OH is 1. The van der Waals surface area contributed by atoms with E-state index in [1.54, 1.807) is 36.4 Å². The SMILES string of the molecule is OCc1cccc(Cl)c1Oc1cc(Cl)ccc1Cl. The van der Waals surface area contributed by atoms with Crippen LogP contribution < -0.4 is 4.74 Å². The Balaban J connectivity index is 2.42. The lowest BCUT2D eigenvalue weighted by atomic mass is 10.2. The zero-order chi connectivity index (χ0) is 13.1. The minimum Gasteiger partial charge on any atom is -0.454 e. The van der Waals surface area contributed by atoms with Gasteiger partial charge < -0.3 is 9.84 Å². The Morgan fingerprint density at radius 2 is 1.78 bits per heavy atom. The summed E-state index contributed by atoms with van der Waals surface area (Å²) in [5.74, 6) is 0.776. The van der Waals surface area contributed by atoms with Crippen molar-refractivity contribution in [3.63, 3.8) is 0 Å². The van der Waals surface area contributed by atoms with Crippen molar-refractivity contribution in [2.45, 2.75) is 6.61 Å². The van der Waals surface area contributed by atoms with Crippen molar-refractivity contribution in [2.24, 2.45) is 0 Å². The van der Waals surface area contributed by atoms with Crippen LogP contribution in [0.3, 0.4) is 0 Å². The molecule has 94 valence electrons. The fourth-order valence-corrected chi connectivity index (χ4v) is 2.01. The Hall–Kier alpha value is -0.930. The molecule has 0 aliphatic rings. The number of ether oxygens (including phenoxy) is 1. The summed E-state index contributed by atoms with van der Waals surface area (Å²) < 4.78 is 5.63. The quantitative estimate of drug-likeness (QED) is 0.871. The third-order valence-electron chi connectivity index (χ3n) is 2.32. The maximum atomic E-state index is 9.25. The first-order chi connectivity index (χ1) is 8.61. The molecule has 5 heteroatoms. The smallest absolute Gasteiger partial charge is 0.151 e. The summed E-state index contributed by atoms with van der Waals surface area (Å²) in [6.45, 7) is -0.173. The van der Waals surface area contributed by atoms with Gasteiger partial charge in [0.05, 0.1) is 16.7 Å². The largest absolute Gasteiger partial charge is 0.454 e. The van der Waals surface area contributed by atoms with E-state index < -0.39 is 0 Å². The average Bonchev–Trinajstić information content (AvgIpc) is 2.36. The Morgan fingerprint density at radius 3 is 2.50 bits per heavy atom. The van der Waals surface area contributed by atoms with Gasteiger partial charge in [0, 0.05) is 16.7 Å². The molecule has 0 saturated heterocycles. The second-order valence-corrected chi connectivity index (χ2v) is 4.81. The zero-order valence-corrected chi connectivity index (χ0v) is 11.4. The molecule has 0 fully saturated rings. The lowest BCUT2D eigenvalue weighted by Crippen LogP contribution is -1.93. The highest BCUT2D eigenvalue weighted by Crippen LogP contribution is 2.37. The summed E-state index contributed by atoms with van der Waals surface area (Å²) >= 11 is 17.9. The van der Waals surface area contributed by atoms with Gasteiger partial charge in [0.15, 0.2) is 5.75 Å². The monoisotopic (exact) mass is 302 g/mol. The zero-order valence-electron chi connectivity index (χ0n) is 9.16. The molecular formula is C13H9Cl3O2. The minimum atomic E-state index is -0.173. The van der Waals surface area contributed by atoms with Crippen molar-refractivity contribution in [1.82, 2.24) is 0 Å². The second-order valence-electron chi connectivity index (χ2n) is 3.56. The Morgan fingerprint density at radius 1 is 1.00 bits per heavy atom. The van der Waals surface area contributed by atoms with Crippen LogP contribution in [0.25, 0.3) is 0 Å². The number of halogens is 3. The molecule has 0 aliphatic carbocycles. The molecule has 0 amide bonds. The van der Waals surface area contributed by atoms with Crippen molar-refractivity contribution in [3.05, 3.63) is 57.0 Å². The Kier molecular flexibility index (Phi) is 4.36. The number of para-hydroxylation sites is 1. The van der Waals surface area contributed by atoms with Crippen molar-refractivity contribution in [1.29, 1.82) is 0 Å². The molecule has 0 spiro atoms. The van der Waals surface area contributed by atoms with E-state index in [0.29, 0.717) is 32.1 Å². The molecule has 0 saturated carbocycles. The molecule has 0 radical (unpaired) electrons. The van der Waals surface area contributed by atoms with Gasteiger partial charge in [0.2, 0.25) is 0 Å². The van der Waals surface area contributed by atoms with Gasteiger partial charge in [-0.05, 0) is 18.2 Å². The van der Waals surface area contributed by atoms with Crippen LogP contribution in [0.15, 0.2) is 36.4 Å². The van der Waals surface area contributed by atoms with Crippen LogP contribution in [0.4, 0.5) is 0 Å². The fourth-order valence-electron chi connectivity index (χ4n) is 1.46. The molecule has 0 unspecified atom stereocenters. The number of hydrogen-bond acceptors (Lipinski definition) is 2. The van der Waals surface area contributed by atoms with Crippen molar-refractivity contribution >= 4 is 34.8 Å². The average molecular weight is 304 g/mol. The maximum absolute atomic E-state index is 9.25. The van der Waals surface area contributed by atoms with Gasteiger partial charge >= 0.3 is 0 Å². The topological polar surface area (TPSA) is 29.5 Å².